The smallest absolute Gasteiger partial charge is 0.0615 e. The van der Waals surface area contributed by atoms with Crippen LogP contribution in [0.3, 0.4) is 0 Å². The Bertz CT molecular complexity index is 728. The zero-order chi connectivity index (χ0) is 21.7. The fraction of sp³-hybridized carbons (Fsp3) is 0.111. The molecular weight excluding hydrogens is 420 g/mol. The Kier molecular flexibility index (Phi) is 19.0. The molecule has 0 aliphatic rings. The van der Waals surface area contributed by atoms with Gasteiger partial charge in [-0.2, -0.15) is 0 Å². The van der Waals surface area contributed by atoms with Gasteiger partial charge in [0, 0.05) is 21.7 Å². The minimum atomic E-state index is 0. The van der Waals surface area contributed by atoms with Crippen molar-refractivity contribution in [3.8, 4) is 0 Å². The molecule has 0 heterocycles. The van der Waals surface area contributed by atoms with E-state index in [1.54, 1.807) is 18.2 Å². The molecule has 0 fully saturated rings. The van der Waals surface area contributed by atoms with Crippen LogP contribution in [0.25, 0.3) is 18.2 Å². The van der Waals surface area contributed by atoms with Crippen LogP contribution in [0.1, 0.15) is 16.7 Å². The van der Waals surface area contributed by atoms with E-state index in [2.05, 4.69) is 0 Å². The average Bonchev–Trinajstić information content (AvgIpc) is 2.83. The molecule has 3 aromatic rings. The number of aliphatic hydroxyl groups excluding tert-OH is 3. The van der Waals surface area contributed by atoms with Crippen LogP contribution in [0.4, 0.5) is 0 Å². The zero-order valence-electron chi connectivity index (χ0n) is 17.6. The molecule has 160 valence electrons. The van der Waals surface area contributed by atoms with Crippen LogP contribution in [0.15, 0.2) is 109 Å². The van der Waals surface area contributed by atoms with Gasteiger partial charge in [-0.05, 0) is 16.7 Å². The van der Waals surface area contributed by atoms with Crippen LogP contribution in [0.5, 0.6) is 0 Å². The summed E-state index contributed by atoms with van der Waals surface area (Å²) in [5.74, 6) is 0. The van der Waals surface area contributed by atoms with Crippen LogP contribution >= 0.6 is 0 Å². The van der Waals surface area contributed by atoms with Crippen molar-refractivity contribution >= 4 is 18.2 Å². The maximum absolute atomic E-state index is 8.44. The molecule has 3 rings (SSSR count). The van der Waals surface area contributed by atoms with Crippen molar-refractivity contribution in [2.24, 2.45) is 0 Å². The minimum Gasteiger partial charge on any atom is -0.392 e. The normalized spacial score (nSPS) is 10.2. The average molecular weight is 450 g/mol. The van der Waals surface area contributed by atoms with Crippen LogP contribution in [0, 0.1) is 0 Å². The Morgan fingerprint density at radius 3 is 0.839 bits per heavy atom. The van der Waals surface area contributed by atoms with Gasteiger partial charge in [-0.15, -0.1) is 0 Å². The Balaban J connectivity index is 0.000000429. The molecule has 0 atom stereocenters. The van der Waals surface area contributed by atoms with E-state index in [4.69, 9.17) is 15.3 Å². The SMILES string of the molecule is OC/C=C/c1ccccc1.OC/C=C/c1ccccc1.OC/C=C/c1ccccc1.[Ti]. The van der Waals surface area contributed by atoms with E-state index >= 15 is 0 Å². The molecule has 3 N–H and O–H groups in total. The van der Waals surface area contributed by atoms with Crippen molar-refractivity contribution in [1.29, 1.82) is 0 Å². The van der Waals surface area contributed by atoms with Crippen molar-refractivity contribution in [2.45, 2.75) is 0 Å². The molecule has 0 aliphatic heterocycles. The summed E-state index contributed by atoms with van der Waals surface area (Å²) in [5.41, 5.74) is 3.37. The van der Waals surface area contributed by atoms with Gasteiger partial charge in [0.1, 0.15) is 0 Å². The number of aliphatic hydroxyl groups is 3. The van der Waals surface area contributed by atoms with E-state index < -0.39 is 0 Å². The largest absolute Gasteiger partial charge is 0.392 e. The fourth-order valence-corrected chi connectivity index (χ4v) is 2.26. The molecule has 0 aromatic heterocycles. The Labute approximate surface area is 200 Å². The molecule has 31 heavy (non-hydrogen) atoms. The first-order valence-electron chi connectivity index (χ1n) is 9.77. The molecule has 0 saturated heterocycles. The molecule has 0 aliphatic carbocycles. The fourth-order valence-electron chi connectivity index (χ4n) is 2.26. The van der Waals surface area contributed by atoms with Crippen molar-refractivity contribution in [2.75, 3.05) is 19.8 Å². The second-order valence-electron chi connectivity index (χ2n) is 5.99. The summed E-state index contributed by atoms with van der Waals surface area (Å²) < 4.78 is 0. The number of hydrogen-bond acceptors (Lipinski definition) is 3. The van der Waals surface area contributed by atoms with E-state index in [1.165, 1.54) is 0 Å². The third kappa shape index (κ3) is 15.9. The van der Waals surface area contributed by atoms with Crippen molar-refractivity contribution in [3.05, 3.63) is 126 Å². The number of rotatable bonds is 6. The zero-order valence-corrected chi connectivity index (χ0v) is 19.1. The number of benzene rings is 3. The number of hydrogen-bond donors (Lipinski definition) is 3. The predicted octanol–water partition coefficient (Wildman–Crippen LogP) is 5.07. The molecule has 0 radical (unpaired) electrons. The van der Waals surface area contributed by atoms with Crippen molar-refractivity contribution in [3.63, 3.8) is 0 Å². The first-order chi connectivity index (χ1) is 14.8. The molecule has 0 bridgehead atoms. The Morgan fingerprint density at radius 1 is 0.419 bits per heavy atom. The first-order valence-corrected chi connectivity index (χ1v) is 9.77. The van der Waals surface area contributed by atoms with Crippen molar-refractivity contribution < 1.29 is 37.0 Å². The van der Waals surface area contributed by atoms with Crippen LogP contribution in [-0.4, -0.2) is 35.1 Å². The van der Waals surface area contributed by atoms with Crippen LogP contribution in [0.2, 0.25) is 0 Å². The van der Waals surface area contributed by atoms with Gasteiger partial charge in [0.25, 0.3) is 0 Å². The standard InChI is InChI=1S/3C9H10O.Ti/c3*10-8-4-7-9-5-2-1-3-6-9;/h3*1-7,10H,8H2;/b3*7-4+;. The van der Waals surface area contributed by atoms with Gasteiger partial charge in [0.05, 0.1) is 19.8 Å². The molecule has 3 aromatic carbocycles. The summed E-state index contributed by atoms with van der Waals surface area (Å²) in [6, 6.07) is 29.7. The molecule has 4 heteroatoms. The van der Waals surface area contributed by atoms with Crippen molar-refractivity contribution in [1.82, 2.24) is 0 Å². The van der Waals surface area contributed by atoms with E-state index in [9.17, 15) is 0 Å². The Morgan fingerprint density at radius 2 is 0.645 bits per heavy atom. The summed E-state index contributed by atoms with van der Waals surface area (Å²) in [4.78, 5) is 0. The monoisotopic (exact) mass is 450 g/mol. The topological polar surface area (TPSA) is 60.7 Å². The second-order valence-corrected chi connectivity index (χ2v) is 5.99. The maximum atomic E-state index is 8.44. The van der Waals surface area contributed by atoms with Gasteiger partial charge >= 0.3 is 0 Å². The third-order valence-electron chi connectivity index (χ3n) is 3.65. The third-order valence-corrected chi connectivity index (χ3v) is 3.65. The summed E-state index contributed by atoms with van der Waals surface area (Å²) in [6.45, 7) is 0.318. The first kappa shape index (κ1) is 28.5. The molecule has 0 spiro atoms. The van der Waals surface area contributed by atoms with Gasteiger partial charge in [-0.25, -0.2) is 0 Å². The molecule has 3 nitrogen and oxygen atoms in total. The summed E-state index contributed by atoms with van der Waals surface area (Å²) in [6.07, 6.45) is 10.8. The van der Waals surface area contributed by atoms with E-state index in [1.807, 2.05) is 109 Å². The maximum Gasteiger partial charge on any atom is 0.0615 e. The molecule has 0 saturated carbocycles. The minimum absolute atomic E-state index is 0. The summed E-state index contributed by atoms with van der Waals surface area (Å²) in [7, 11) is 0. The van der Waals surface area contributed by atoms with Crippen LogP contribution in [-0.2, 0) is 21.7 Å². The van der Waals surface area contributed by atoms with Crippen LogP contribution < -0.4 is 0 Å². The second kappa shape index (κ2) is 20.7. The van der Waals surface area contributed by atoms with Gasteiger partial charge in [0.2, 0.25) is 0 Å². The van der Waals surface area contributed by atoms with E-state index in [-0.39, 0.29) is 41.5 Å². The van der Waals surface area contributed by atoms with Gasteiger partial charge in [0.15, 0.2) is 0 Å². The van der Waals surface area contributed by atoms with Gasteiger partial charge in [-0.1, -0.05) is 127 Å². The predicted molar refractivity (Wildman–Crippen MR) is 128 cm³/mol. The quantitative estimate of drug-likeness (QED) is 0.460. The summed E-state index contributed by atoms with van der Waals surface area (Å²) >= 11 is 0. The van der Waals surface area contributed by atoms with Gasteiger partial charge in [-0.3, -0.25) is 0 Å². The van der Waals surface area contributed by atoms with Gasteiger partial charge < -0.3 is 15.3 Å². The van der Waals surface area contributed by atoms with E-state index in [0.29, 0.717) is 0 Å². The molecular formula is C27H30O3Ti. The van der Waals surface area contributed by atoms with E-state index in [0.717, 1.165) is 16.7 Å². The molecule has 0 unspecified atom stereocenters. The summed E-state index contributed by atoms with van der Waals surface area (Å²) in [5, 5.41) is 25.3. The Hall–Kier alpha value is -2.53. The molecule has 0 amide bonds.